The number of benzene rings is 1. The summed E-state index contributed by atoms with van der Waals surface area (Å²) in [7, 11) is 0. The van der Waals surface area contributed by atoms with Crippen LogP contribution in [-0.2, 0) is 0 Å². The summed E-state index contributed by atoms with van der Waals surface area (Å²) in [5.74, 6) is 0.793. The van der Waals surface area contributed by atoms with Gasteiger partial charge in [-0.1, -0.05) is 11.6 Å². The summed E-state index contributed by atoms with van der Waals surface area (Å²) >= 11 is 7.49. The summed E-state index contributed by atoms with van der Waals surface area (Å²) in [6.07, 6.45) is 3.68. The molecule has 1 N–H and O–H groups in total. The number of anilines is 2. The lowest BCUT2D eigenvalue weighted by Crippen LogP contribution is -1.92. The Bertz CT molecular complexity index is 453. The van der Waals surface area contributed by atoms with Crippen LogP contribution in [0.5, 0.6) is 0 Å². The molecule has 0 fully saturated rings. The van der Waals surface area contributed by atoms with Gasteiger partial charge >= 0.3 is 0 Å². The molecule has 0 aliphatic heterocycles. The van der Waals surface area contributed by atoms with Gasteiger partial charge in [-0.05, 0) is 42.7 Å². The van der Waals surface area contributed by atoms with Gasteiger partial charge in [-0.15, -0.1) is 11.8 Å². The largest absolute Gasteiger partial charge is 0.340 e. The van der Waals surface area contributed by atoms with Crippen molar-refractivity contribution in [2.45, 2.75) is 4.90 Å². The fraction of sp³-hybridized carbons (Fsp3) is 0.0833. The first kappa shape index (κ1) is 11.3. The molecular weight excluding hydrogens is 240 g/mol. The lowest BCUT2D eigenvalue weighted by atomic mass is 10.3. The van der Waals surface area contributed by atoms with Crippen LogP contribution in [-0.4, -0.2) is 11.2 Å². The van der Waals surface area contributed by atoms with Crippen LogP contribution in [0.2, 0.25) is 5.02 Å². The molecule has 0 saturated carbocycles. The lowest BCUT2D eigenvalue weighted by Gasteiger charge is -2.05. The predicted molar refractivity (Wildman–Crippen MR) is 70.8 cm³/mol. The molecule has 82 valence electrons. The Morgan fingerprint density at radius 3 is 2.44 bits per heavy atom. The van der Waals surface area contributed by atoms with Gasteiger partial charge in [-0.2, -0.15) is 0 Å². The van der Waals surface area contributed by atoms with Crippen LogP contribution in [0.4, 0.5) is 11.5 Å². The minimum atomic E-state index is 0.642. The lowest BCUT2D eigenvalue weighted by molar-refractivity contribution is 1.30. The van der Waals surface area contributed by atoms with Crippen molar-refractivity contribution in [1.29, 1.82) is 0 Å². The first-order chi connectivity index (χ1) is 7.78. The average molecular weight is 251 g/mol. The van der Waals surface area contributed by atoms with Crippen LogP contribution < -0.4 is 5.32 Å². The van der Waals surface area contributed by atoms with Gasteiger partial charge in [-0.3, -0.25) is 0 Å². The second kappa shape index (κ2) is 5.23. The summed E-state index contributed by atoms with van der Waals surface area (Å²) < 4.78 is 0. The molecule has 0 atom stereocenters. The van der Waals surface area contributed by atoms with E-state index in [4.69, 9.17) is 11.6 Å². The molecule has 16 heavy (non-hydrogen) atoms. The molecule has 0 saturated heterocycles. The van der Waals surface area contributed by atoms with E-state index in [1.54, 1.807) is 18.0 Å². The third-order valence-electron chi connectivity index (χ3n) is 2.09. The highest BCUT2D eigenvalue weighted by atomic mass is 35.5. The SMILES string of the molecule is CSc1ccc(Nc2ccc(Cl)cn2)cc1. The molecule has 4 heteroatoms. The second-order valence-electron chi connectivity index (χ2n) is 3.22. The molecule has 2 rings (SSSR count). The minimum absolute atomic E-state index is 0.642. The fourth-order valence-corrected chi connectivity index (χ4v) is 1.79. The molecule has 0 aliphatic rings. The molecule has 0 spiro atoms. The molecule has 0 aliphatic carbocycles. The highest BCUT2D eigenvalue weighted by Crippen LogP contribution is 2.20. The summed E-state index contributed by atoms with van der Waals surface area (Å²) in [5.41, 5.74) is 1.02. The quantitative estimate of drug-likeness (QED) is 0.827. The topological polar surface area (TPSA) is 24.9 Å². The fourth-order valence-electron chi connectivity index (χ4n) is 1.27. The standard InChI is InChI=1S/C12H11ClN2S/c1-16-11-5-3-10(4-6-11)15-12-7-2-9(13)8-14-12/h2-8H,1H3,(H,14,15). The molecule has 0 amide bonds. The average Bonchev–Trinajstić information content (AvgIpc) is 2.33. The number of hydrogen-bond acceptors (Lipinski definition) is 3. The second-order valence-corrected chi connectivity index (χ2v) is 4.53. The van der Waals surface area contributed by atoms with Crippen LogP contribution in [0, 0.1) is 0 Å². The Balaban J connectivity index is 2.11. The van der Waals surface area contributed by atoms with Crippen LogP contribution >= 0.6 is 23.4 Å². The van der Waals surface area contributed by atoms with Gasteiger partial charge < -0.3 is 5.32 Å². The maximum absolute atomic E-state index is 5.76. The van der Waals surface area contributed by atoms with Gasteiger partial charge in [0.25, 0.3) is 0 Å². The number of halogens is 1. The van der Waals surface area contributed by atoms with E-state index in [0.717, 1.165) is 11.5 Å². The van der Waals surface area contributed by atoms with E-state index in [1.807, 2.05) is 24.3 Å². The third kappa shape index (κ3) is 2.90. The van der Waals surface area contributed by atoms with Gasteiger partial charge in [0.05, 0.1) is 5.02 Å². The molecule has 1 aromatic heterocycles. The number of pyridine rings is 1. The van der Waals surface area contributed by atoms with Crippen molar-refractivity contribution in [1.82, 2.24) is 4.98 Å². The summed E-state index contributed by atoms with van der Waals surface area (Å²) in [5, 5.41) is 3.85. The molecular formula is C12H11ClN2S. The Labute approximate surface area is 104 Å². The van der Waals surface area contributed by atoms with Crippen molar-refractivity contribution in [3.05, 3.63) is 47.6 Å². The van der Waals surface area contributed by atoms with Crippen LogP contribution in [0.25, 0.3) is 0 Å². The smallest absolute Gasteiger partial charge is 0.130 e. The molecule has 0 bridgehead atoms. The Kier molecular flexibility index (Phi) is 3.70. The Morgan fingerprint density at radius 2 is 1.88 bits per heavy atom. The van der Waals surface area contributed by atoms with Gasteiger partial charge in [0.1, 0.15) is 5.82 Å². The summed E-state index contributed by atoms with van der Waals surface area (Å²) in [4.78, 5) is 5.41. The molecule has 0 radical (unpaired) electrons. The maximum atomic E-state index is 5.76. The molecule has 2 nitrogen and oxygen atoms in total. The molecule has 1 aromatic carbocycles. The Morgan fingerprint density at radius 1 is 1.12 bits per heavy atom. The summed E-state index contributed by atoms with van der Waals surface area (Å²) in [6, 6.07) is 11.9. The van der Waals surface area contributed by atoms with Crippen molar-refractivity contribution in [3.8, 4) is 0 Å². The van der Waals surface area contributed by atoms with E-state index in [-0.39, 0.29) is 0 Å². The Hall–Kier alpha value is -1.19. The van der Waals surface area contributed by atoms with Crippen molar-refractivity contribution < 1.29 is 0 Å². The van der Waals surface area contributed by atoms with Crippen LogP contribution in [0.15, 0.2) is 47.5 Å². The zero-order valence-corrected chi connectivity index (χ0v) is 10.3. The first-order valence-corrected chi connectivity index (χ1v) is 6.41. The number of aromatic nitrogens is 1. The number of nitrogens with one attached hydrogen (secondary N) is 1. The van der Waals surface area contributed by atoms with Crippen molar-refractivity contribution in [2.75, 3.05) is 11.6 Å². The van der Waals surface area contributed by atoms with Gasteiger partial charge in [0.2, 0.25) is 0 Å². The van der Waals surface area contributed by atoms with E-state index in [2.05, 4.69) is 28.7 Å². The highest BCUT2D eigenvalue weighted by Gasteiger charge is 1.96. The molecule has 2 aromatic rings. The number of nitrogens with zero attached hydrogens (tertiary/aromatic N) is 1. The number of thioether (sulfide) groups is 1. The van der Waals surface area contributed by atoms with Crippen molar-refractivity contribution >= 4 is 34.9 Å². The van der Waals surface area contributed by atoms with E-state index < -0.39 is 0 Å². The van der Waals surface area contributed by atoms with Gasteiger partial charge in [0, 0.05) is 16.8 Å². The normalized spacial score (nSPS) is 10.1. The van der Waals surface area contributed by atoms with Crippen molar-refractivity contribution in [3.63, 3.8) is 0 Å². The van der Waals surface area contributed by atoms with Gasteiger partial charge in [-0.25, -0.2) is 4.98 Å². The third-order valence-corrected chi connectivity index (χ3v) is 3.06. The van der Waals surface area contributed by atoms with E-state index in [1.165, 1.54) is 4.90 Å². The summed E-state index contributed by atoms with van der Waals surface area (Å²) in [6.45, 7) is 0. The number of rotatable bonds is 3. The first-order valence-electron chi connectivity index (χ1n) is 4.80. The van der Waals surface area contributed by atoms with Crippen LogP contribution in [0.3, 0.4) is 0 Å². The van der Waals surface area contributed by atoms with Gasteiger partial charge in [0.15, 0.2) is 0 Å². The van der Waals surface area contributed by atoms with E-state index >= 15 is 0 Å². The highest BCUT2D eigenvalue weighted by molar-refractivity contribution is 7.98. The monoisotopic (exact) mass is 250 g/mol. The minimum Gasteiger partial charge on any atom is -0.340 e. The van der Waals surface area contributed by atoms with E-state index in [0.29, 0.717) is 5.02 Å². The molecule has 1 heterocycles. The maximum Gasteiger partial charge on any atom is 0.130 e. The van der Waals surface area contributed by atoms with Crippen molar-refractivity contribution in [2.24, 2.45) is 0 Å². The van der Waals surface area contributed by atoms with Crippen LogP contribution in [0.1, 0.15) is 0 Å². The molecule has 0 unspecified atom stereocenters. The zero-order chi connectivity index (χ0) is 11.4. The number of hydrogen-bond donors (Lipinski definition) is 1. The zero-order valence-electron chi connectivity index (χ0n) is 8.77. The van der Waals surface area contributed by atoms with E-state index in [9.17, 15) is 0 Å². The predicted octanol–water partition coefficient (Wildman–Crippen LogP) is 4.20.